The van der Waals surface area contributed by atoms with Crippen LogP contribution < -0.4 is 5.32 Å². The predicted molar refractivity (Wildman–Crippen MR) is 72.3 cm³/mol. The molecule has 0 fully saturated rings. The molecule has 0 aliphatic rings. The molecule has 0 aliphatic carbocycles. The number of benzene rings is 1. The lowest BCUT2D eigenvalue weighted by molar-refractivity contribution is -0.130. The lowest BCUT2D eigenvalue weighted by Gasteiger charge is -2.21. The number of anilines is 1. The summed E-state index contributed by atoms with van der Waals surface area (Å²) in [5, 5.41) is 12.0. The minimum atomic E-state index is -0.276. The van der Waals surface area contributed by atoms with Crippen molar-refractivity contribution in [2.45, 2.75) is 26.8 Å². The van der Waals surface area contributed by atoms with Crippen LogP contribution in [0.4, 0.5) is 5.69 Å². The van der Waals surface area contributed by atoms with Crippen LogP contribution in [0.5, 0.6) is 0 Å². The number of likely N-dealkylation sites (N-methyl/N-ethyl adjacent to an activating group) is 1. The smallest absolute Gasteiger partial charge is 0.244 e. The summed E-state index contributed by atoms with van der Waals surface area (Å²) in [6.07, 6.45) is 0. The summed E-state index contributed by atoms with van der Waals surface area (Å²) in [5.74, 6) is 0.0551. The molecule has 0 bridgehead atoms. The Morgan fingerprint density at radius 1 is 1.56 bits per heavy atom. The minimum Gasteiger partial charge on any atom is -0.374 e. The number of rotatable bonds is 4. The second kappa shape index (κ2) is 6.06. The first-order valence-electron chi connectivity index (χ1n) is 6.01. The predicted octanol–water partition coefficient (Wildman–Crippen LogP) is 2.15. The van der Waals surface area contributed by atoms with Crippen LogP contribution in [-0.4, -0.2) is 30.4 Å². The first-order valence-corrected chi connectivity index (χ1v) is 6.01. The fraction of sp³-hybridized carbons (Fsp3) is 0.429. The molecule has 0 radical (unpaired) electrons. The van der Waals surface area contributed by atoms with Gasteiger partial charge in [0.05, 0.1) is 11.6 Å². The second-order valence-electron chi connectivity index (χ2n) is 4.36. The number of aryl methyl sites for hydroxylation is 1. The molecule has 0 aromatic heterocycles. The molecule has 0 heterocycles. The maximum absolute atomic E-state index is 11.9. The van der Waals surface area contributed by atoms with Crippen LogP contribution >= 0.6 is 0 Å². The van der Waals surface area contributed by atoms with Crippen molar-refractivity contribution in [2.24, 2.45) is 0 Å². The molecule has 1 atom stereocenters. The molecule has 0 spiro atoms. The maximum Gasteiger partial charge on any atom is 0.244 e. The third-order valence-electron chi connectivity index (χ3n) is 2.95. The van der Waals surface area contributed by atoms with Crippen LogP contribution in [0.3, 0.4) is 0 Å². The average molecular weight is 245 g/mol. The van der Waals surface area contributed by atoms with Gasteiger partial charge in [0.15, 0.2) is 0 Å². The normalized spacial score (nSPS) is 11.5. The summed E-state index contributed by atoms with van der Waals surface area (Å²) in [6.45, 7) is 6.35. The topological polar surface area (TPSA) is 56.1 Å². The third-order valence-corrected chi connectivity index (χ3v) is 2.95. The SMILES string of the molecule is CCN(C)C(=O)C(C)Nc1ccc(C#N)c(C)c1. The van der Waals surface area contributed by atoms with E-state index in [4.69, 9.17) is 5.26 Å². The fourth-order valence-electron chi connectivity index (χ4n) is 1.68. The van der Waals surface area contributed by atoms with Crippen molar-refractivity contribution < 1.29 is 4.79 Å². The fourth-order valence-corrected chi connectivity index (χ4v) is 1.68. The Balaban J connectivity index is 2.77. The molecule has 1 unspecified atom stereocenters. The van der Waals surface area contributed by atoms with Gasteiger partial charge in [-0.2, -0.15) is 5.26 Å². The van der Waals surface area contributed by atoms with E-state index in [1.54, 1.807) is 18.0 Å². The molecule has 18 heavy (non-hydrogen) atoms. The van der Waals surface area contributed by atoms with Crippen molar-refractivity contribution in [3.63, 3.8) is 0 Å². The van der Waals surface area contributed by atoms with Gasteiger partial charge in [-0.05, 0) is 44.5 Å². The van der Waals surface area contributed by atoms with Crippen molar-refractivity contribution in [2.75, 3.05) is 18.9 Å². The van der Waals surface area contributed by atoms with E-state index >= 15 is 0 Å². The van der Waals surface area contributed by atoms with E-state index in [-0.39, 0.29) is 11.9 Å². The molecule has 1 amide bonds. The molecule has 4 heteroatoms. The third kappa shape index (κ3) is 3.24. The Labute approximate surface area is 108 Å². The average Bonchev–Trinajstić information content (AvgIpc) is 2.37. The first kappa shape index (κ1) is 14.0. The molecule has 96 valence electrons. The second-order valence-corrected chi connectivity index (χ2v) is 4.36. The summed E-state index contributed by atoms with van der Waals surface area (Å²) in [7, 11) is 1.78. The molecule has 1 aromatic carbocycles. The zero-order valence-corrected chi connectivity index (χ0v) is 11.3. The van der Waals surface area contributed by atoms with Gasteiger partial charge >= 0.3 is 0 Å². The zero-order valence-electron chi connectivity index (χ0n) is 11.3. The van der Waals surface area contributed by atoms with Gasteiger partial charge in [-0.15, -0.1) is 0 Å². The van der Waals surface area contributed by atoms with Crippen LogP contribution in [-0.2, 0) is 4.79 Å². The van der Waals surface area contributed by atoms with Crippen molar-refractivity contribution in [3.05, 3.63) is 29.3 Å². The number of nitrogens with zero attached hydrogens (tertiary/aromatic N) is 2. The van der Waals surface area contributed by atoms with Gasteiger partial charge in [-0.1, -0.05) is 0 Å². The number of carbonyl (C=O) groups is 1. The van der Waals surface area contributed by atoms with E-state index < -0.39 is 0 Å². The largest absolute Gasteiger partial charge is 0.374 e. The standard InChI is InChI=1S/C14H19N3O/c1-5-17(4)14(18)11(3)16-13-7-6-12(9-15)10(2)8-13/h6-8,11,16H,5H2,1-4H3. The molecule has 1 N–H and O–H groups in total. The van der Waals surface area contributed by atoms with Crippen molar-refractivity contribution >= 4 is 11.6 Å². The number of hydrogen-bond donors (Lipinski definition) is 1. The van der Waals surface area contributed by atoms with E-state index in [1.165, 1.54) is 0 Å². The summed E-state index contributed by atoms with van der Waals surface area (Å²) < 4.78 is 0. The van der Waals surface area contributed by atoms with Crippen LogP contribution in [0.25, 0.3) is 0 Å². The maximum atomic E-state index is 11.9. The molecule has 0 aliphatic heterocycles. The summed E-state index contributed by atoms with van der Waals surface area (Å²) in [6, 6.07) is 7.31. The Kier molecular flexibility index (Phi) is 4.73. The Morgan fingerprint density at radius 2 is 2.22 bits per heavy atom. The number of nitriles is 1. The molecule has 0 saturated carbocycles. The van der Waals surface area contributed by atoms with Gasteiger partial charge in [0.2, 0.25) is 5.91 Å². The number of hydrogen-bond acceptors (Lipinski definition) is 3. The Bertz CT molecular complexity index is 476. The number of nitrogens with one attached hydrogen (secondary N) is 1. The van der Waals surface area contributed by atoms with E-state index in [0.717, 1.165) is 11.3 Å². The number of carbonyl (C=O) groups excluding carboxylic acids is 1. The van der Waals surface area contributed by atoms with Gasteiger partial charge in [-0.3, -0.25) is 4.79 Å². The van der Waals surface area contributed by atoms with Crippen LogP contribution in [0.1, 0.15) is 25.0 Å². The molecular formula is C14H19N3O. The van der Waals surface area contributed by atoms with E-state index in [2.05, 4.69) is 11.4 Å². The zero-order chi connectivity index (χ0) is 13.7. The summed E-state index contributed by atoms with van der Waals surface area (Å²) in [5.41, 5.74) is 2.42. The lowest BCUT2D eigenvalue weighted by Crippen LogP contribution is -2.38. The molecule has 1 rings (SSSR count). The molecular weight excluding hydrogens is 226 g/mol. The highest BCUT2D eigenvalue weighted by Gasteiger charge is 2.16. The van der Waals surface area contributed by atoms with Crippen LogP contribution in [0, 0.1) is 18.3 Å². The Morgan fingerprint density at radius 3 is 2.72 bits per heavy atom. The Hall–Kier alpha value is -2.02. The highest BCUT2D eigenvalue weighted by atomic mass is 16.2. The summed E-state index contributed by atoms with van der Waals surface area (Å²) >= 11 is 0. The molecule has 4 nitrogen and oxygen atoms in total. The summed E-state index contributed by atoms with van der Waals surface area (Å²) in [4.78, 5) is 13.6. The quantitative estimate of drug-likeness (QED) is 0.884. The lowest BCUT2D eigenvalue weighted by atomic mass is 10.1. The van der Waals surface area contributed by atoms with Crippen molar-refractivity contribution in [3.8, 4) is 6.07 Å². The van der Waals surface area contributed by atoms with Gasteiger partial charge < -0.3 is 10.2 Å². The van der Waals surface area contributed by atoms with Crippen LogP contribution in [0.15, 0.2) is 18.2 Å². The first-order chi connectivity index (χ1) is 8.49. The van der Waals surface area contributed by atoms with E-state index in [9.17, 15) is 4.79 Å². The monoisotopic (exact) mass is 245 g/mol. The molecule has 1 aromatic rings. The van der Waals surface area contributed by atoms with E-state index in [0.29, 0.717) is 12.1 Å². The number of amides is 1. The van der Waals surface area contributed by atoms with Gasteiger partial charge in [0.1, 0.15) is 6.04 Å². The highest BCUT2D eigenvalue weighted by Crippen LogP contribution is 2.15. The van der Waals surface area contributed by atoms with Gasteiger partial charge in [-0.25, -0.2) is 0 Å². The van der Waals surface area contributed by atoms with Crippen molar-refractivity contribution in [1.29, 1.82) is 5.26 Å². The molecule has 0 saturated heterocycles. The van der Waals surface area contributed by atoms with Crippen LogP contribution in [0.2, 0.25) is 0 Å². The van der Waals surface area contributed by atoms with Crippen molar-refractivity contribution in [1.82, 2.24) is 4.90 Å². The highest BCUT2D eigenvalue weighted by molar-refractivity contribution is 5.84. The van der Waals surface area contributed by atoms with Gasteiger partial charge in [0.25, 0.3) is 0 Å². The van der Waals surface area contributed by atoms with E-state index in [1.807, 2.05) is 32.9 Å². The minimum absolute atomic E-state index is 0.0551. The van der Waals surface area contributed by atoms with Gasteiger partial charge in [0, 0.05) is 19.3 Å².